The number of pyridine rings is 1. The van der Waals surface area contributed by atoms with Gasteiger partial charge in [-0.25, -0.2) is 9.97 Å². The number of aromatic nitrogens is 3. The first-order chi connectivity index (χ1) is 12.2. The van der Waals surface area contributed by atoms with Crippen LogP contribution in [0.4, 0.5) is 13.2 Å². The average molecular weight is 385 g/mol. The van der Waals surface area contributed by atoms with Crippen LogP contribution in [0, 0.1) is 0 Å². The van der Waals surface area contributed by atoms with Gasteiger partial charge in [-0.2, -0.15) is 17.4 Å². The monoisotopic (exact) mass is 385 g/mol. The van der Waals surface area contributed by atoms with Crippen LogP contribution in [0.5, 0.6) is 0 Å². The number of halogens is 3. The Morgan fingerprint density at radius 3 is 2.54 bits per heavy atom. The van der Waals surface area contributed by atoms with Crippen molar-refractivity contribution in [3.8, 4) is 0 Å². The first kappa shape index (κ1) is 18.5. The van der Waals surface area contributed by atoms with Crippen LogP contribution in [0.25, 0.3) is 11.0 Å². The summed E-state index contributed by atoms with van der Waals surface area (Å²) in [7, 11) is -4.27. The van der Waals surface area contributed by atoms with Crippen molar-refractivity contribution < 1.29 is 21.6 Å². The number of imidazole rings is 1. The Hall–Kier alpha value is -2.26. The summed E-state index contributed by atoms with van der Waals surface area (Å²) in [4.78, 5) is 11.4. The molecule has 1 aromatic carbocycles. The van der Waals surface area contributed by atoms with Crippen molar-refractivity contribution in [1.29, 1.82) is 0 Å². The molecule has 0 saturated carbocycles. The van der Waals surface area contributed by atoms with Gasteiger partial charge >= 0.3 is 6.18 Å². The molecule has 0 saturated heterocycles. The molecule has 0 spiro atoms. The van der Waals surface area contributed by atoms with Crippen LogP contribution in [0.15, 0.2) is 58.8 Å². The number of H-pyrrole nitrogens is 1. The molecule has 140 valence electrons. The van der Waals surface area contributed by atoms with Crippen LogP contribution >= 0.6 is 0 Å². The molecule has 3 rings (SSSR count). The van der Waals surface area contributed by atoms with Gasteiger partial charge in [-0.3, -0.25) is 4.18 Å². The molecule has 1 N–H and O–H groups in total. The van der Waals surface area contributed by atoms with E-state index in [1.54, 1.807) is 36.4 Å². The van der Waals surface area contributed by atoms with Crippen LogP contribution in [-0.2, 0) is 13.5 Å². The van der Waals surface area contributed by atoms with E-state index in [0.717, 1.165) is 0 Å². The van der Waals surface area contributed by atoms with Gasteiger partial charge in [0.15, 0.2) is 0 Å². The van der Waals surface area contributed by atoms with Gasteiger partial charge in [0.05, 0.1) is 17.6 Å². The zero-order chi connectivity index (χ0) is 18.9. The van der Waals surface area contributed by atoms with E-state index in [4.69, 9.17) is 4.18 Å². The summed E-state index contributed by atoms with van der Waals surface area (Å²) in [5, 5.41) is 0.171. The van der Waals surface area contributed by atoms with E-state index in [-0.39, 0.29) is 23.2 Å². The van der Waals surface area contributed by atoms with Gasteiger partial charge in [0.2, 0.25) is 5.16 Å². The van der Waals surface area contributed by atoms with Gasteiger partial charge < -0.3 is 4.98 Å². The molecule has 0 aliphatic carbocycles. The first-order valence-electron chi connectivity index (χ1n) is 7.90. The first-order valence-corrected chi connectivity index (χ1v) is 10.2. The van der Waals surface area contributed by atoms with Gasteiger partial charge in [-0.1, -0.05) is 27.5 Å². The SMILES string of the molecule is CS(=O)(OCCCC(F)(F)F)(c1ccccn1)c1nc2ccccc2[nH]1. The lowest BCUT2D eigenvalue weighted by molar-refractivity contribution is -0.136. The maximum Gasteiger partial charge on any atom is 0.389 e. The molecule has 0 aliphatic heterocycles. The van der Waals surface area contributed by atoms with Gasteiger partial charge in [0.25, 0.3) is 0 Å². The third-order valence-corrected chi connectivity index (χ3v) is 6.94. The molecule has 5 nitrogen and oxygen atoms in total. The summed E-state index contributed by atoms with van der Waals surface area (Å²) in [6.45, 7) is -0.338. The quantitative estimate of drug-likeness (QED) is 0.649. The molecule has 2 aromatic heterocycles. The standard InChI is InChI=1S/C17H18F3N3O2S/c1-26(24,15-9-4-5-11-21-15,25-12-6-10-17(18,19)20)16-22-13-7-2-3-8-14(13)23-16/h2-5,7-9,11H,6,10,12H2,1H3,(H,22,23). The number of hydrogen-bond acceptors (Lipinski definition) is 4. The van der Waals surface area contributed by atoms with Crippen LogP contribution in [0.3, 0.4) is 0 Å². The van der Waals surface area contributed by atoms with E-state index >= 15 is 0 Å². The van der Waals surface area contributed by atoms with Crippen molar-refractivity contribution in [3.63, 3.8) is 0 Å². The van der Waals surface area contributed by atoms with E-state index in [1.807, 2.05) is 0 Å². The van der Waals surface area contributed by atoms with Crippen LogP contribution in [0.2, 0.25) is 0 Å². The Morgan fingerprint density at radius 2 is 1.88 bits per heavy atom. The van der Waals surface area contributed by atoms with Gasteiger partial charge in [0, 0.05) is 18.9 Å². The van der Waals surface area contributed by atoms with E-state index in [9.17, 15) is 17.4 Å². The number of benzene rings is 1. The second-order valence-corrected chi connectivity index (χ2v) is 9.54. The number of hydrogen-bond donors (Lipinski definition) is 1. The van der Waals surface area contributed by atoms with E-state index < -0.39 is 21.9 Å². The molecule has 0 radical (unpaired) electrons. The third-order valence-electron chi connectivity index (χ3n) is 3.91. The largest absolute Gasteiger partial charge is 0.389 e. The summed E-state index contributed by atoms with van der Waals surface area (Å²) in [5.74, 6) is 0. The molecule has 26 heavy (non-hydrogen) atoms. The van der Waals surface area contributed by atoms with Crippen molar-refractivity contribution in [3.05, 3.63) is 48.7 Å². The zero-order valence-electron chi connectivity index (χ0n) is 14.0. The minimum absolute atomic E-state index is 0.0499. The van der Waals surface area contributed by atoms with E-state index in [2.05, 4.69) is 15.0 Å². The number of nitrogens with zero attached hydrogens (tertiary/aromatic N) is 2. The minimum Gasteiger partial charge on any atom is -0.325 e. The predicted octanol–water partition coefficient (Wildman–Crippen LogP) is 4.10. The van der Waals surface area contributed by atoms with Crippen LogP contribution in [0.1, 0.15) is 12.8 Å². The third kappa shape index (κ3) is 3.63. The maximum atomic E-state index is 14.0. The zero-order valence-corrected chi connectivity index (χ0v) is 14.8. The summed E-state index contributed by atoms with van der Waals surface area (Å²) in [5.41, 5.74) is 1.23. The number of rotatable bonds is 6. The number of aromatic amines is 1. The predicted molar refractivity (Wildman–Crippen MR) is 92.2 cm³/mol. The van der Waals surface area contributed by atoms with Crippen molar-refractivity contribution >= 4 is 20.4 Å². The molecular formula is C17H18F3N3O2S. The van der Waals surface area contributed by atoms with Crippen molar-refractivity contribution in [1.82, 2.24) is 15.0 Å². The van der Waals surface area contributed by atoms with E-state index in [0.29, 0.717) is 11.0 Å². The topological polar surface area (TPSA) is 67.9 Å². The fourth-order valence-corrected chi connectivity index (χ4v) is 4.83. The molecule has 0 bridgehead atoms. The number of nitrogens with one attached hydrogen (secondary N) is 1. The second-order valence-electron chi connectivity index (χ2n) is 6.01. The average Bonchev–Trinajstić information content (AvgIpc) is 3.05. The van der Waals surface area contributed by atoms with Gasteiger partial charge in [-0.05, 0) is 30.7 Å². The fraction of sp³-hybridized carbons (Fsp3) is 0.294. The van der Waals surface area contributed by atoms with Gasteiger partial charge in [-0.15, -0.1) is 0 Å². The van der Waals surface area contributed by atoms with E-state index in [1.165, 1.54) is 18.5 Å². The number of para-hydroxylation sites is 2. The van der Waals surface area contributed by atoms with Crippen molar-refractivity contribution in [2.75, 3.05) is 12.9 Å². The summed E-state index contributed by atoms with van der Waals surface area (Å²) < 4.78 is 56.8. The lowest BCUT2D eigenvalue weighted by atomic mass is 10.3. The highest BCUT2D eigenvalue weighted by molar-refractivity contribution is 8.15. The van der Waals surface area contributed by atoms with Crippen molar-refractivity contribution in [2.24, 2.45) is 0 Å². The Kier molecular flexibility index (Phi) is 4.61. The summed E-state index contributed by atoms with van der Waals surface area (Å²) in [6, 6.07) is 11.9. The Morgan fingerprint density at radius 1 is 1.15 bits per heavy atom. The minimum atomic E-state index is -4.29. The summed E-state index contributed by atoms with van der Waals surface area (Å²) >= 11 is 0. The lowest BCUT2D eigenvalue weighted by Gasteiger charge is -2.40. The molecule has 0 amide bonds. The Bertz CT molecular complexity index is 939. The molecular weight excluding hydrogens is 367 g/mol. The molecule has 3 aromatic rings. The molecule has 0 atom stereocenters. The molecule has 0 unspecified atom stereocenters. The second kappa shape index (κ2) is 6.48. The Labute approximate surface area is 148 Å². The summed E-state index contributed by atoms with van der Waals surface area (Å²) in [6.07, 6.45) is -2.82. The highest BCUT2D eigenvalue weighted by atomic mass is 32.3. The fourth-order valence-electron chi connectivity index (χ4n) is 2.53. The molecule has 0 fully saturated rings. The lowest BCUT2D eigenvalue weighted by Crippen LogP contribution is -2.37. The highest BCUT2D eigenvalue weighted by Crippen LogP contribution is 2.40. The van der Waals surface area contributed by atoms with Crippen LogP contribution in [-0.4, -0.2) is 38.2 Å². The smallest absolute Gasteiger partial charge is 0.325 e. The molecule has 0 aliphatic rings. The molecule has 2 heterocycles. The highest BCUT2D eigenvalue weighted by Gasteiger charge is 2.37. The maximum absolute atomic E-state index is 14.0. The molecule has 9 heteroatoms. The van der Waals surface area contributed by atoms with Crippen LogP contribution < -0.4 is 0 Å². The Balaban J connectivity index is 2.00. The normalized spacial score (nSPS) is 14.2. The number of alkyl halides is 3. The van der Waals surface area contributed by atoms with Crippen molar-refractivity contribution in [2.45, 2.75) is 29.2 Å². The number of fused-ring (bicyclic) bond motifs is 1. The van der Waals surface area contributed by atoms with Gasteiger partial charge in [0.1, 0.15) is 5.03 Å².